The fourth-order valence-electron chi connectivity index (χ4n) is 2.70. The largest absolute Gasteiger partial charge is 0.468 e. The zero-order chi connectivity index (χ0) is 20.4. The van der Waals surface area contributed by atoms with Gasteiger partial charge in [-0.3, -0.25) is 19.3 Å². The molecule has 0 aliphatic rings. The number of ether oxygens (including phenoxy) is 1. The third-order valence-corrected chi connectivity index (χ3v) is 4.07. The summed E-state index contributed by atoms with van der Waals surface area (Å²) in [4.78, 5) is 44.9. The summed E-state index contributed by atoms with van der Waals surface area (Å²) in [5.41, 5.74) is 1.68. The molecule has 1 aromatic heterocycles. The number of hydrogen-bond acceptors (Lipinski definition) is 6. The molecule has 28 heavy (non-hydrogen) atoms. The number of aromatic amines is 1. The highest BCUT2D eigenvalue weighted by molar-refractivity contribution is 5.88. The number of benzene rings is 1. The lowest BCUT2D eigenvalue weighted by molar-refractivity contribution is -0.142. The zero-order valence-corrected chi connectivity index (χ0v) is 16.0. The average molecular weight is 387 g/mol. The Balaban J connectivity index is 2.02. The van der Waals surface area contributed by atoms with Crippen LogP contribution in [0.2, 0.25) is 0 Å². The molecule has 1 atom stereocenters. The fraction of sp³-hybridized carbons (Fsp3) is 0.368. The number of aromatic nitrogens is 2. The smallest absolute Gasteiger partial charge is 0.319 e. The summed E-state index contributed by atoms with van der Waals surface area (Å²) in [6.07, 6.45) is 3.39. The van der Waals surface area contributed by atoms with Gasteiger partial charge in [0.05, 0.1) is 26.5 Å². The van der Waals surface area contributed by atoms with Crippen molar-refractivity contribution in [2.45, 2.75) is 19.0 Å². The summed E-state index contributed by atoms with van der Waals surface area (Å²) in [6.45, 7) is 0.305. The lowest BCUT2D eigenvalue weighted by atomic mass is 10.1. The topological polar surface area (TPSA) is 116 Å². The third-order valence-electron chi connectivity index (χ3n) is 4.07. The summed E-state index contributed by atoms with van der Waals surface area (Å²) < 4.78 is 4.72. The molecule has 0 saturated carbocycles. The number of carbonyl (C=O) groups excluding carboxylic acids is 3. The molecule has 0 spiro atoms. The molecule has 2 amide bonds. The van der Waals surface area contributed by atoms with Gasteiger partial charge in [-0.2, -0.15) is 0 Å². The molecular weight excluding hydrogens is 362 g/mol. The van der Waals surface area contributed by atoms with Crippen LogP contribution in [-0.2, 0) is 32.1 Å². The van der Waals surface area contributed by atoms with Crippen molar-refractivity contribution < 1.29 is 19.1 Å². The number of hydrogen-bond donors (Lipinski definition) is 3. The van der Waals surface area contributed by atoms with Crippen LogP contribution in [0, 0.1) is 0 Å². The second-order valence-electron chi connectivity index (χ2n) is 6.22. The Morgan fingerprint density at radius 2 is 1.96 bits per heavy atom. The van der Waals surface area contributed by atoms with Crippen LogP contribution >= 0.6 is 0 Å². The molecule has 1 heterocycles. The normalized spacial score (nSPS) is 11.7. The van der Waals surface area contributed by atoms with Gasteiger partial charge < -0.3 is 20.4 Å². The molecule has 0 aliphatic carbocycles. The maximum Gasteiger partial charge on any atom is 0.319 e. The van der Waals surface area contributed by atoms with Crippen LogP contribution in [0.5, 0.6) is 0 Å². The number of rotatable bonds is 10. The van der Waals surface area contributed by atoms with Crippen LogP contribution in [0.4, 0.5) is 0 Å². The number of H-pyrrole nitrogens is 1. The molecule has 0 bridgehead atoms. The SMILES string of the molecule is CNC(=O)[C@H](Cc1cnc[nH]1)NC(=O)CN(CC(=O)OC)Cc1ccccc1. The predicted octanol–water partition coefficient (Wildman–Crippen LogP) is -0.142. The number of methoxy groups -OCH3 is 1. The number of nitrogens with one attached hydrogen (secondary N) is 3. The Morgan fingerprint density at radius 3 is 2.57 bits per heavy atom. The van der Waals surface area contributed by atoms with Crippen molar-refractivity contribution in [1.82, 2.24) is 25.5 Å². The molecule has 9 nitrogen and oxygen atoms in total. The predicted molar refractivity (Wildman–Crippen MR) is 102 cm³/mol. The summed E-state index contributed by atoms with van der Waals surface area (Å²) in [5, 5.41) is 5.26. The molecule has 0 fully saturated rings. The number of carbonyl (C=O) groups is 3. The minimum atomic E-state index is -0.755. The van der Waals surface area contributed by atoms with Gasteiger partial charge in [-0.15, -0.1) is 0 Å². The maximum absolute atomic E-state index is 12.6. The molecule has 150 valence electrons. The summed E-state index contributed by atoms with van der Waals surface area (Å²) >= 11 is 0. The van der Waals surface area contributed by atoms with Crippen molar-refractivity contribution in [3.63, 3.8) is 0 Å². The van der Waals surface area contributed by atoms with E-state index in [1.807, 2.05) is 30.3 Å². The quantitative estimate of drug-likeness (QED) is 0.489. The molecule has 0 saturated heterocycles. The van der Waals surface area contributed by atoms with Crippen molar-refractivity contribution in [3.8, 4) is 0 Å². The van der Waals surface area contributed by atoms with Gasteiger partial charge in [-0.05, 0) is 5.56 Å². The first-order chi connectivity index (χ1) is 13.5. The monoisotopic (exact) mass is 387 g/mol. The van der Waals surface area contributed by atoms with E-state index < -0.39 is 12.0 Å². The first kappa shape index (κ1) is 21.1. The van der Waals surface area contributed by atoms with Gasteiger partial charge in [-0.1, -0.05) is 30.3 Å². The minimum absolute atomic E-state index is 0.0377. The Labute approximate surface area is 163 Å². The molecule has 2 aromatic rings. The number of amides is 2. The van der Waals surface area contributed by atoms with E-state index in [9.17, 15) is 14.4 Å². The van der Waals surface area contributed by atoms with Crippen LogP contribution < -0.4 is 10.6 Å². The Kier molecular flexibility index (Phi) is 8.16. The van der Waals surface area contributed by atoms with Gasteiger partial charge >= 0.3 is 5.97 Å². The van der Waals surface area contributed by atoms with Crippen molar-refractivity contribution in [2.24, 2.45) is 0 Å². The van der Waals surface area contributed by atoms with Crippen molar-refractivity contribution >= 4 is 17.8 Å². The van der Waals surface area contributed by atoms with Crippen molar-refractivity contribution in [3.05, 3.63) is 54.1 Å². The number of likely N-dealkylation sites (N-methyl/N-ethyl adjacent to an activating group) is 1. The number of nitrogens with zero attached hydrogens (tertiary/aromatic N) is 2. The van der Waals surface area contributed by atoms with Crippen LogP contribution in [0.15, 0.2) is 42.9 Å². The summed E-state index contributed by atoms with van der Waals surface area (Å²) in [6, 6.07) is 8.73. The van der Waals surface area contributed by atoms with Crippen LogP contribution in [0.3, 0.4) is 0 Å². The highest BCUT2D eigenvalue weighted by Crippen LogP contribution is 2.05. The van der Waals surface area contributed by atoms with Gasteiger partial charge in [0.2, 0.25) is 11.8 Å². The van der Waals surface area contributed by atoms with Crippen LogP contribution in [0.1, 0.15) is 11.3 Å². The van der Waals surface area contributed by atoms with Crippen molar-refractivity contribution in [1.29, 1.82) is 0 Å². The van der Waals surface area contributed by atoms with Gasteiger partial charge in [0, 0.05) is 31.9 Å². The van der Waals surface area contributed by atoms with Gasteiger partial charge in [0.25, 0.3) is 0 Å². The molecular formula is C19H25N5O4. The average Bonchev–Trinajstić information content (AvgIpc) is 3.20. The summed E-state index contributed by atoms with van der Waals surface area (Å²) in [7, 11) is 2.81. The first-order valence-electron chi connectivity index (χ1n) is 8.83. The van der Waals surface area contributed by atoms with Crippen LogP contribution in [-0.4, -0.2) is 65.9 Å². The number of imidazole rings is 1. The number of esters is 1. The lowest BCUT2D eigenvalue weighted by Gasteiger charge is -2.23. The fourth-order valence-corrected chi connectivity index (χ4v) is 2.70. The Morgan fingerprint density at radius 1 is 1.21 bits per heavy atom. The van der Waals surface area contributed by atoms with Gasteiger partial charge in [0.1, 0.15) is 6.04 Å². The van der Waals surface area contributed by atoms with E-state index in [1.165, 1.54) is 20.5 Å². The van der Waals surface area contributed by atoms with E-state index in [2.05, 4.69) is 20.6 Å². The standard InChI is InChI=1S/C19H25N5O4/c1-20-19(27)16(8-15-9-21-13-22-15)23-17(25)11-24(12-18(26)28-2)10-14-6-4-3-5-7-14/h3-7,9,13,16H,8,10-12H2,1-2H3,(H,20,27)(H,21,22)(H,23,25)/t16-/m0/s1. The lowest BCUT2D eigenvalue weighted by Crippen LogP contribution is -2.50. The molecule has 0 unspecified atom stereocenters. The van der Waals surface area contributed by atoms with E-state index in [4.69, 9.17) is 4.74 Å². The second-order valence-corrected chi connectivity index (χ2v) is 6.22. The van der Waals surface area contributed by atoms with Crippen molar-refractivity contribution in [2.75, 3.05) is 27.2 Å². The highest BCUT2D eigenvalue weighted by atomic mass is 16.5. The highest BCUT2D eigenvalue weighted by Gasteiger charge is 2.23. The molecule has 0 aliphatic heterocycles. The molecule has 1 aromatic carbocycles. The molecule has 3 N–H and O–H groups in total. The van der Waals surface area contributed by atoms with E-state index in [0.29, 0.717) is 6.54 Å². The van der Waals surface area contributed by atoms with Gasteiger partial charge in [-0.25, -0.2) is 4.98 Å². The second kappa shape index (κ2) is 10.8. The third kappa shape index (κ3) is 6.84. The zero-order valence-electron chi connectivity index (χ0n) is 16.0. The Hall–Kier alpha value is -3.20. The Bertz CT molecular complexity index is 764. The van der Waals surface area contributed by atoms with Crippen LogP contribution in [0.25, 0.3) is 0 Å². The molecule has 0 radical (unpaired) electrons. The van der Waals surface area contributed by atoms with E-state index >= 15 is 0 Å². The van der Waals surface area contributed by atoms with E-state index in [-0.39, 0.29) is 31.3 Å². The molecule has 9 heteroatoms. The van der Waals surface area contributed by atoms with E-state index in [1.54, 1.807) is 11.1 Å². The first-order valence-corrected chi connectivity index (χ1v) is 8.83. The summed E-state index contributed by atoms with van der Waals surface area (Å²) in [5.74, 6) is -1.12. The maximum atomic E-state index is 12.6. The minimum Gasteiger partial charge on any atom is -0.468 e. The van der Waals surface area contributed by atoms with Gasteiger partial charge in [0.15, 0.2) is 0 Å². The molecule has 2 rings (SSSR count). The van der Waals surface area contributed by atoms with E-state index in [0.717, 1.165) is 11.3 Å².